The van der Waals surface area contributed by atoms with E-state index in [4.69, 9.17) is 4.74 Å². The highest BCUT2D eigenvalue weighted by Gasteiger charge is 2.10. The van der Waals surface area contributed by atoms with E-state index in [-0.39, 0.29) is 12.2 Å². The molecule has 0 radical (unpaired) electrons. The van der Waals surface area contributed by atoms with E-state index in [0.717, 1.165) is 26.4 Å². The fourth-order valence-corrected chi connectivity index (χ4v) is 3.59. The van der Waals surface area contributed by atoms with Crippen LogP contribution in [0.15, 0.2) is 42.5 Å². The zero-order valence-electron chi connectivity index (χ0n) is 14.3. The Morgan fingerprint density at radius 2 is 2.08 bits per heavy atom. The predicted octanol–water partition coefficient (Wildman–Crippen LogP) is 3.47. The molecule has 0 amide bonds. The lowest BCUT2D eigenvalue weighted by Crippen LogP contribution is -2.21. The summed E-state index contributed by atoms with van der Waals surface area (Å²) in [6.07, 6.45) is 2.10. The van der Waals surface area contributed by atoms with Gasteiger partial charge in [-0.2, -0.15) is 0 Å². The number of benzene rings is 2. The lowest BCUT2D eigenvalue weighted by Gasteiger charge is -2.09. The van der Waals surface area contributed by atoms with Crippen molar-refractivity contribution >= 4 is 39.2 Å². The van der Waals surface area contributed by atoms with Crippen molar-refractivity contribution in [2.75, 3.05) is 6.61 Å². The van der Waals surface area contributed by atoms with Crippen molar-refractivity contribution in [2.45, 2.75) is 19.8 Å². The first-order chi connectivity index (χ1) is 12.6. The second-order valence-electron chi connectivity index (χ2n) is 5.69. The first-order valence-electron chi connectivity index (χ1n) is 8.29. The van der Waals surface area contributed by atoms with E-state index >= 15 is 0 Å². The molecular weight excluding hydrogens is 350 g/mol. The number of phenolic OH excluding ortho intramolecular Hbond substituents is 1. The van der Waals surface area contributed by atoms with Gasteiger partial charge in [-0.3, -0.25) is 0 Å². The highest BCUT2D eigenvalue weighted by molar-refractivity contribution is 7.19. The third-order valence-electron chi connectivity index (χ3n) is 3.79. The van der Waals surface area contributed by atoms with Crippen LogP contribution < -0.4 is 9.84 Å². The number of fused-ring (bicyclic) bond motifs is 1. The summed E-state index contributed by atoms with van der Waals surface area (Å²) in [4.78, 5) is 15.6. The van der Waals surface area contributed by atoms with Crippen molar-refractivity contribution < 1.29 is 19.7 Å². The molecule has 0 aliphatic rings. The van der Waals surface area contributed by atoms with Crippen LogP contribution in [0.4, 0.5) is 0 Å². The number of ether oxygens (including phenoxy) is 1. The van der Waals surface area contributed by atoms with Crippen LogP contribution in [-0.2, 0) is 4.79 Å². The first kappa shape index (κ1) is 17.9. The Balaban J connectivity index is 2.01. The molecule has 2 aromatic carbocycles. The number of nitrogens with zero attached hydrogens (tertiary/aromatic N) is 1. The van der Waals surface area contributed by atoms with Gasteiger partial charge in [0.05, 0.1) is 16.8 Å². The van der Waals surface area contributed by atoms with Crippen LogP contribution in [0.1, 0.15) is 30.3 Å². The van der Waals surface area contributed by atoms with Crippen molar-refractivity contribution in [3.8, 4) is 11.5 Å². The fraction of sp³-hybridized carbons (Fsp3) is 0.200. The van der Waals surface area contributed by atoms with E-state index in [2.05, 4.69) is 4.98 Å². The van der Waals surface area contributed by atoms with Crippen LogP contribution in [0.2, 0.25) is 0 Å². The number of para-hydroxylation sites is 1. The molecular formula is C20H18NO4S-. The molecule has 0 bridgehead atoms. The molecule has 3 aromatic rings. The van der Waals surface area contributed by atoms with Crippen molar-refractivity contribution in [3.05, 3.63) is 53.0 Å². The molecule has 5 nitrogen and oxygen atoms in total. The van der Waals surface area contributed by atoms with Crippen molar-refractivity contribution in [3.63, 3.8) is 0 Å². The Bertz CT molecular complexity index is 928. The van der Waals surface area contributed by atoms with Crippen LogP contribution in [-0.4, -0.2) is 22.7 Å². The maximum absolute atomic E-state index is 10.9. The normalized spacial score (nSPS) is 11.7. The van der Waals surface area contributed by atoms with Gasteiger partial charge in [0.25, 0.3) is 0 Å². The second kappa shape index (κ2) is 8.01. The number of rotatable bonds is 7. The maximum Gasteiger partial charge on any atom is 0.161 e. The van der Waals surface area contributed by atoms with Crippen molar-refractivity contribution in [1.82, 2.24) is 4.98 Å². The Hall–Kier alpha value is -2.86. The molecule has 0 aliphatic heterocycles. The van der Waals surface area contributed by atoms with E-state index in [9.17, 15) is 15.0 Å². The molecule has 6 heteroatoms. The topological polar surface area (TPSA) is 82.5 Å². The number of hydrogen-bond donors (Lipinski definition) is 1. The Labute approximate surface area is 155 Å². The van der Waals surface area contributed by atoms with Crippen LogP contribution in [0.5, 0.6) is 11.5 Å². The molecule has 0 aliphatic carbocycles. The second-order valence-corrected chi connectivity index (χ2v) is 6.72. The van der Waals surface area contributed by atoms with Crippen LogP contribution >= 0.6 is 11.3 Å². The number of carboxylic acid groups (broad SMARTS) is 1. The molecule has 134 valence electrons. The van der Waals surface area contributed by atoms with Gasteiger partial charge in [0.15, 0.2) is 11.5 Å². The number of aromatic hydroxyl groups is 1. The minimum Gasteiger partial charge on any atom is -0.550 e. The average Bonchev–Trinajstić information content (AvgIpc) is 3.05. The summed E-state index contributed by atoms with van der Waals surface area (Å²) in [6, 6.07) is 12.8. The molecule has 1 heterocycles. The third kappa shape index (κ3) is 4.21. The molecule has 0 unspecified atom stereocenters. The smallest absolute Gasteiger partial charge is 0.161 e. The minimum absolute atomic E-state index is 0.0697. The van der Waals surface area contributed by atoms with Gasteiger partial charge < -0.3 is 19.7 Å². The minimum atomic E-state index is -1.10. The van der Waals surface area contributed by atoms with E-state index in [0.29, 0.717) is 18.8 Å². The van der Waals surface area contributed by atoms with Gasteiger partial charge in [-0.1, -0.05) is 18.2 Å². The fourth-order valence-electron chi connectivity index (χ4n) is 2.58. The van der Waals surface area contributed by atoms with Gasteiger partial charge in [-0.05, 0) is 61.2 Å². The number of aliphatic carboxylic acids is 1. The molecule has 0 fully saturated rings. The van der Waals surface area contributed by atoms with Gasteiger partial charge >= 0.3 is 0 Å². The van der Waals surface area contributed by atoms with E-state index in [1.54, 1.807) is 18.2 Å². The average molecular weight is 368 g/mol. The number of aromatic nitrogens is 1. The lowest BCUT2D eigenvalue weighted by atomic mass is 10.1. The number of allylic oxidation sites excluding steroid dienone is 1. The summed E-state index contributed by atoms with van der Waals surface area (Å²) in [6.45, 7) is 2.28. The number of hydrogen-bond acceptors (Lipinski definition) is 6. The standard InChI is InChI=1S/C20H19NO4S/c1-2-25-17-12-13(7-9-16(17)22)11-14(8-10-19(23)24)20-21-15-5-3-4-6-18(15)26-20/h3-7,9,11-12,22H,2,8,10H2,1H3,(H,23,24)/p-1/b14-11+. The first-order valence-corrected chi connectivity index (χ1v) is 9.10. The summed E-state index contributed by atoms with van der Waals surface area (Å²) in [7, 11) is 0. The molecule has 0 spiro atoms. The molecule has 1 aromatic heterocycles. The summed E-state index contributed by atoms with van der Waals surface area (Å²) in [5.41, 5.74) is 2.50. The molecule has 0 saturated carbocycles. The highest BCUT2D eigenvalue weighted by atomic mass is 32.1. The van der Waals surface area contributed by atoms with Gasteiger partial charge in [-0.25, -0.2) is 4.98 Å². The highest BCUT2D eigenvalue weighted by Crippen LogP contribution is 2.33. The lowest BCUT2D eigenvalue weighted by molar-refractivity contribution is -0.305. The number of thiazole rings is 1. The van der Waals surface area contributed by atoms with Crippen molar-refractivity contribution in [2.24, 2.45) is 0 Å². The molecule has 3 rings (SSSR count). The van der Waals surface area contributed by atoms with Crippen molar-refractivity contribution in [1.29, 1.82) is 0 Å². The molecule has 26 heavy (non-hydrogen) atoms. The summed E-state index contributed by atoms with van der Waals surface area (Å²) in [5, 5.41) is 21.6. The van der Waals surface area contributed by atoms with Gasteiger partial charge in [0.1, 0.15) is 5.01 Å². The number of phenols is 1. The van der Waals surface area contributed by atoms with Gasteiger partial charge in [0.2, 0.25) is 0 Å². The van der Waals surface area contributed by atoms with E-state index in [1.165, 1.54) is 11.3 Å². The number of carbonyl (C=O) groups is 1. The quantitative estimate of drug-likeness (QED) is 0.690. The zero-order valence-corrected chi connectivity index (χ0v) is 15.1. The maximum atomic E-state index is 10.9. The van der Waals surface area contributed by atoms with Crippen LogP contribution in [0.3, 0.4) is 0 Å². The largest absolute Gasteiger partial charge is 0.550 e. The Kier molecular flexibility index (Phi) is 5.53. The predicted molar refractivity (Wildman–Crippen MR) is 101 cm³/mol. The van der Waals surface area contributed by atoms with Gasteiger partial charge in [-0.15, -0.1) is 11.3 Å². The summed E-state index contributed by atoms with van der Waals surface area (Å²) < 4.78 is 6.46. The zero-order chi connectivity index (χ0) is 18.5. The Morgan fingerprint density at radius 3 is 2.81 bits per heavy atom. The molecule has 0 saturated heterocycles. The van der Waals surface area contributed by atoms with Crippen LogP contribution in [0, 0.1) is 0 Å². The number of carbonyl (C=O) groups excluding carboxylic acids is 1. The van der Waals surface area contributed by atoms with Crippen LogP contribution in [0.25, 0.3) is 21.9 Å². The van der Waals surface area contributed by atoms with Gasteiger partial charge in [0, 0.05) is 5.97 Å². The summed E-state index contributed by atoms with van der Waals surface area (Å²) in [5.74, 6) is -0.636. The molecule has 1 N–H and O–H groups in total. The van der Waals surface area contributed by atoms with E-state index in [1.807, 2.05) is 37.3 Å². The SMILES string of the molecule is CCOc1cc(/C=C(\CCC(=O)[O-])c2nc3ccccc3s2)ccc1O. The monoisotopic (exact) mass is 368 g/mol. The number of carboxylic acids is 1. The third-order valence-corrected chi connectivity index (χ3v) is 4.90. The summed E-state index contributed by atoms with van der Waals surface area (Å²) >= 11 is 1.52. The Morgan fingerprint density at radius 1 is 1.27 bits per heavy atom. The molecule has 0 atom stereocenters. The van der Waals surface area contributed by atoms with E-state index < -0.39 is 5.97 Å².